The first-order valence-corrected chi connectivity index (χ1v) is 9.39. The summed E-state index contributed by atoms with van der Waals surface area (Å²) in [5, 5.41) is 0.147. The zero-order valence-electron chi connectivity index (χ0n) is 14.7. The maximum Gasteiger partial charge on any atom is 0.303 e. The molecule has 0 atom stereocenters. The molecule has 0 saturated heterocycles. The van der Waals surface area contributed by atoms with Crippen LogP contribution < -0.4 is 9.46 Å². The number of hydrogen-bond acceptors (Lipinski definition) is 4. The Hall–Kier alpha value is -2.74. The molecular formula is C17H14ClF2N3O4S. The molecular weight excluding hydrogens is 416 g/mol. The minimum Gasteiger partial charge on any atom is -0.489 e. The highest BCUT2D eigenvalue weighted by atomic mass is 35.5. The van der Waals surface area contributed by atoms with Gasteiger partial charge in [0.2, 0.25) is 5.69 Å². The molecule has 2 aromatic carbocycles. The minimum absolute atomic E-state index is 0.147. The van der Waals surface area contributed by atoms with E-state index in [0.717, 1.165) is 6.07 Å². The fourth-order valence-electron chi connectivity index (χ4n) is 1.97. The summed E-state index contributed by atoms with van der Waals surface area (Å²) in [7, 11) is -1.81. The molecule has 28 heavy (non-hydrogen) atoms. The monoisotopic (exact) mass is 429 g/mol. The number of hydrogen-bond donors (Lipinski definition) is 1. The molecule has 0 aliphatic rings. The van der Waals surface area contributed by atoms with Crippen LogP contribution in [0.1, 0.15) is 15.9 Å². The summed E-state index contributed by atoms with van der Waals surface area (Å²) < 4.78 is 59.4. The lowest BCUT2D eigenvalue weighted by molar-refractivity contribution is 0.0975. The van der Waals surface area contributed by atoms with Crippen molar-refractivity contribution >= 4 is 33.4 Å². The number of halogens is 3. The Morgan fingerprint density at radius 3 is 2.50 bits per heavy atom. The largest absolute Gasteiger partial charge is 0.489 e. The van der Waals surface area contributed by atoms with E-state index in [9.17, 15) is 22.0 Å². The molecule has 0 fully saturated rings. The van der Waals surface area contributed by atoms with Crippen molar-refractivity contribution in [2.24, 2.45) is 0 Å². The summed E-state index contributed by atoms with van der Waals surface area (Å²) in [6.45, 7) is 6.53. The van der Waals surface area contributed by atoms with Crippen LogP contribution in [0.5, 0.6) is 5.75 Å². The molecule has 1 N–H and O–H groups in total. The molecule has 0 aliphatic heterocycles. The summed E-state index contributed by atoms with van der Waals surface area (Å²) in [6, 6.07) is 5.55. The molecule has 1 amide bonds. The van der Waals surface area contributed by atoms with Crippen LogP contribution in [0.4, 0.5) is 14.5 Å². The molecule has 2 rings (SSSR count). The number of nitrogens with one attached hydrogen (secondary N) is 1. The second-order valence-corrected chi connectivity index (χ2v) is 7.95. The van der Waals surface area contributed by atoms with Crippen molar-refractivity contribution in [1.82, 2.24) is 9.03 Å². The number of nitrogens with zero attached hydrogens (tertiary/aromatic N) is 2. The van der Waals surface area contributed by atoms with Crippen LogP contribution in [0.3, 0.4) is 0 Å². The fourth-order valence-corrected chi connectivity index (χ4v) is 2.70. The van der Waals surface area contributed by atoms with Gasteiger partial charge in [0.15, 0.2) is 0 Å². The lowest BCUT2D eigenvalue weighted by atomic mass is 10.1. The number of carbonyl (C=O) groups excluding carboxylic acids is 1. The van der Waals surface area contributed by atoms with Gasteiger partial charge in [0.1, 0.15) is 24.0 Å². The molecule has 0 spiro atoms. The van der Waals surface area contributed by atoms with Crippen molar-refractivity contribution in [2.45, 2.75) is 6.61 Å². The maximum atomic E-state index is 14.2. The van der Waals surface area contributed by atoms with E-state index in [0.29, 0.717) is 10.4 Å². The Morgan fingerprint density at radius 1 is 1.25 bits per heavy atom. The number of benzene rings is 2. The normalized spacial score (nSPS) is 11.2. The molecule has 0 radical (unpaired) electrons. The average molecular weight is 430 g/mol. The minimum atomic E-state index is -4.15. The highest BCUT2D eigenvalue weighted by molar-refractivity contribution is 7.87. The van der Waals surface area contributed by atoms with Gasteiger partial charge in [-0.15, -0.1) is 0 Å². The molecule has 0 saturated carbocycles. The van der Waals surface area contributed by atoms with Gasteiger partial charge in [-0.1, -0.05) is 17.7 Å². The molecule has 148 valence electrons. The van der Waals surface area contributed by atoms with Gasteiger partial charge in [-0.2, -0.15) is 12.7 Å². The standard InChI is InChI=1S/C17H14ClF2N3O4S/c1-21-16-5-4-11(7-13(16)18)27-9-10-6-15(20)12(8-14(10)19)17(24)22-28(25,26)23(2)3/h4-8H,9H2,2-3H3,(H,22,24). The molecule has 0 bridgehead atoms. The molecule has 0 unspecified atom stereocenters. The summed E-state index contributed by atoms with van der Waals surface area (Å²) in [4.78, 5) is 15.1. The van der Waals surface area contributed by atoms with E-state index in [4.69, 9.17) is 22.9 Å². The Morgan fingerprint density at radius 2 is 1.93 bits per heavy atom. The van der Waals surface area contributed by atoms with Gasteiger partial charge < -0.3 is 4.74 Å². The summed E-state index contributed by atoms with van der Waals surface area (Å²) in [5.74, 6) is -3.15. The van der Waals surface area contributed by atoms with E-state index < -0.39 is 33.3 Å². The van der Waals surface area contributed by atoms with E-state index in [1.807, 2.05) is 0 Å². The number of ether oxygens (including phenoxy) is 1. The Bertz CT molecular complexity index is 1070. The second-order valence-electron chi connectivity index (χ2n) is 5.66. The van der Waals surface area contributed by atoms with Crippen LogP contribution >= 0.6 is 11.6 Å². The fraction of sp³-hybridized carbons (Fsp3) is 0.176. The Balaban J connectivity index is 2.18. The van der Waals surface area contributed by atoms with E-state index >= 15 is 0 Å². The van der Waals surface area contributed by atoms with E-state index in [2.05, 4.69) is 4.85 Å². The van der Waals surface area contributed by atoms with Gasteiger partial charge in [0.25, 0.3) is 5.91 Å². The molecule has 0 aliphatic carbocycles. The quantitative estimate of drug-likeness (QED) is 0.714. The van der Waals surface area contributed by atoms with Crippen LogP contribution in [-0.2, 0) is 16.8 Å². The highest BCUT2D eigenvalue weighted by Crippen LogP contribution is 2.29. The zero-order valence-corrected chi connectivity index (χ0v) is 16.2. The van der Waals surface area contributed by atoms with Crippen LogP contribution in [0.2, 0.25) is 5.02 Å². The van der Waals surface area contributed by atoms with Gasteiger partial charge in [0.05, 0.1) is 17.2 Å². The summed E-state index contributed by atoms with van der Waals surface area (Å²) >= 11 is 5.87. The topological polar surface area (TPSA) is 80.1 Å². The van der Waals surface area contributed by atoms with E-state index in [1.165, 1.54) is 32.3 Å². The molecule has 2 aromatic rings. The SMILES string of the molecule is [C-]#[N+]c1ccc(OCc2cc(F)c(C(=O)NS(=O)(=O)N(C)C)cc2F)cc1Cl. The van der Waals surface area contributed by atoms with Crippen molar-refractivity contribution in [3.05, 3.63) is 69.5 Å². The second kappa shape index (κ2) is 8.52. The van der Waals surface area contributed by atoms with Crippen LogP contribution in [0.15, 0.2) is 30.3 Å². The molecule has 0 aromatic heterocycles. The van der Waals surface area contributed by atoms with Crippen molar-refractivity contribution in [2.75, 3.05) is 14.1 Å². The Labute approximate surface area is 165 Å². The van der Waals surface area contributed by atoms with Gasteiger partial charge in [-0.05, 0) is 24.3 Å². The lowest BCUT2D eigenvalue weighted by Gasteiger charge is -2.13. The zero-order chi connectivity index (χ0) is 21.1. The van der Waals surface area contributed by atoms with Gasteiger partial charge in [0, 0.05) is 19.7 Å². The van der Waals surface area contributed by atoms with Crippen LogP contribution in [-0.4, -0.2) is 32.7 Å². The third-order valence-electron chi connectivity index (χ3n) is 3.52. The van der Waals surface area contributed by atoms with Gasteiger partial charge in [-0.3, -0.25) is 4.79 Å². The van der Waals surface area contributed by atoms with Crippen LogP contribution in [0, 0.1) is 18.2 Å². The molecule has 7 nitrogen and oxygen atoms in total. The summed E-state index contributed by atoms with van der Waals surface area (Å²) in [5.41, 5.74) is -0.750. The van der Waals surface area contributed by atoms with E-state index in [-0.39, 0.29) is 28.6 Å². The van der Waals surface area contributed by atoms with Crippen molar-refractivity contribution in [1.29, 1.82) is 0 Å². The summed E-state index contributed by atoms with van der Waals surface area (Å²) in [6.07, 6.45) is 0. The first-order chi connectivity index (χ1) is 13.0. The molecule has 0 heterocycles. The predicted octanol–water partition coefficient (Wildman–Crippen LogP) is 3.28. The number of rotatable bonds is 6. The third-order valence-corrected chi connectivity index (χ3v) is 5.22. The maximum absolute atomic E-state index is 14.2. The first-order valence-electron chi connectivity index (χ1n) is 7.57. The lowest BCUT2D eigenvalue weighted by Crippen LogP contribution is -2.39. The van der Waals surface area contributed by atoms with Crippen molar-refractivity contribution in [3.8, 4) is 5.75 Å². The van der Waals surface area contributed by atoms with Gasteiger partial charge >= 0.3 is 10.2 Å². The number of amides is 1. The highest BCUT2D eigenvalue weighted by Gasteiger charge is 2.22. The Kier molecular flexibility index (Phi) is 6.56. The van der Waals surface area contributed by atoms with Crippen LogP contribution in [0.25, 0.3) is 4.85 Å². The van der Waals surface area contributed by atoms with Gasteiger partial charge in [-0.25, -0.2) is 18.3 Å². The van der Waals surface area contributed by atoms with Crippen molar-refractivity contribution in [3.63, 3.8) is 0 Å². The smallest absolute Gasteiger partial charge is 0.303 e. The first kappa shape index (κ1) is 21.6. The number of carbonyl (C=O) groups is 1. The van der Waals surface area contributed by atoms with E-state index in [1.54, 1.807) is 4.72 Å². The van der Waals surface area contributed by atoms with Crippen molar-refractivity contribution < 1.29 is 26.7 Å². The molecule has 11 heteroatoms. The third kappa shape index (κ3) is 4.95. The predicted molar refractivity (Wildman–Crippen MR) is 98.5 cm³/mol. The average Bonchev–Trinajstić information content (AvgIpc) is 2.61.